The highest BCUT2D eigenvalue weighted by Gasteiger charge is 2.07. The number of hydrogen-bond donors (Lipinski definition) is 3. The Labute approximate surface area is 176 Å². The van der Waals surface area contributed by atoms with E-state index in [1.165, 1.54) is 0 Å². The molecular formula is C24H24N4O2. The fourth-order valence-electron chi connectivity index (χ4n) is 2.80. The molecule has 3 aromatic rings. The van der Waals surface area contributed by atoms with Crippen LogP contribution in [-0.4, -0.2) is 17.5 Å². The SMILES string of the molecule is CC(CC(=O)Nc1ccc(Nc2ccccc2)cc1)=NNC(=O)c1cccc(C)c1. The topological polar surface area (TPSA) is 82.6 Å². The van der Waals surface area contributed by atoms with E-state index in [-0.39, 0.29) is 18.2 Å². The van der Waals surface area contributed by atoms with Gasteiger partial charge in [-0.05, 0) is 62.4 Å². The molecule has 0 heterocycles. The van der Waals surface area contributed by atoms with E-state index < -0.39 is 0 Å². The summed E-state index contributed by atoms with van der Waals surface area (Å²) in [6, 6.07) is 24.5. The van der Waals surface area contributed by atoms with Crippen LogP contribution in [0, 0.1) is 6.92 Å². The first-order valence-electron chi connectivity index (χ1n) is 9.62. The smallest absolute Gasteiger partial charge is 0.271 e. The summed E-state index contributed by atoms with van der Waals surface area (Å²) in [5.41, 5.74) is 7.13. The van der Waals surface area contributed by atoms with Gasteiger partial charge in [0.05, 0.1) is 6.42 Å². The maximum atomic E-state index is 12.2. The quantitative estimate of drug-likeness (QED) is 0.391. The number of nitrogens with one attached hydrogen (secondary N) is 3. The van der Waals surface area contributed by atoms with Gasteiger partial charge in [-0.1, -0.05) is 35.9 Å². The lowest BCUT2D eigenvalue weighted by atomic mass is 10.1. The van der Waals surface area contributed by atoms with E-state index in [1.54, 1.807) is 19.1 Å². The van der Waals surface area contributed by atoms with Crippen LogP contribution in [0.1, 0.15) is 29.3 Å². The molecule has 0 unspecified atom stereocenters. The Morgan fingerprint density at radius 1 is 0.833 bits per heavy atom. The molecule has 0 atom stereocenters. The molecule has 3 rings (SSSR count). The minimum absolute atomic E-state index is 0.0815. The molecule has 0 aliphatic rings. The van der Waals surface area contributed by atoms with E-state index in [4.69, 9.17) is 0 Å². The number of aryl methyl sites for hydroxylation is 1. The second kappa shape index (κ2) is 10.0. The van der Waals surface area contributed by atoms with Crippen LogP contribution in [0.3, 0.4) is 0 Å². The lowest BCUT2D eigenvalue weighted by Crippen LogP contribution is -2.21. The zero-order chi connectivity index (χ0) is 21.3. The Balaban J connectivity index is 1.49. The summed E-state index contributed by atoms with van der Waals surface area (Å²) in [5.74, 6) is -0.509. The largest absolute Gasteiger partial charge is 0.356 e. The number of anilines is 3. The number of benzene rings is 3. The molecule has 0 aliphatic heterocycles. The predicted octanol–water partition coefficient (Wildman–Crippen LogP) is 4.87. The first-order valence-corrected chi connectivity index (χ1v) is 9.62. The van der Waals surface area contributed by atoms with Gasteiger partial charge in [0.15, 0.2) is 0 Å². The molecule has 0 fully saturated rings. The molecule has 152 valence electrons. The highest BCUT2D eigenvalue weighted by atomic mass is 16.2. The van der Waals surface area contributed by atoms with Gasteiger partial charge in [0, 0.05) is 28.3 Å². The number of hydrogen-bond acceptors (Lipinski definition) is 4. The van der Waals surface area contributed by atoms with Gasteiger partial charge in [0.1, 0.15) is 0 Å². The molecule has 0 spiro atoms. The molecule has 0 radical (unpaired) electrons. The molecule has 0 saturated carbocycles. The fourth-order valence-corrected chi connectivity index (χ4v) is 2.80. The van der Waals surface area contributed by atoms with Crippen molar-refractivity contribution in [3.63, 3.8) is 0 Å². The highest BCUT2D eigenvalue weighted by Crippen LogP contribution is 2.18. The van der Waals surface area contributed by atoms with Gasteiger partial charge in [0.25, 0.3) is 5.91 Å². The van der Waals surface area contributed by atoms with Crippen LogP contribution in [0.4, 0.5) is 17.1 Å². The van der Waals surface area contributed by atoms with Crippen LogP contribution in [0.5, 0.6) is 0 Å². The number of hydrazone groups is 1. The number of carbonyl (C=O) groups excluding carboxylic acids is 2. The van der Waals surface area contributed by atoms with Gasteiger partial charge in [0.2, 0.25) is 5.91 Å². The summed E-state index contributed by atoms with van der Waals surface area (Å²) in [7, 11) is 0. The highest BCUT2D eigenvalue weighted by molar-refractivity contribution is 6.06. The second-order valence-corrected chi connectivity index (χ2v) is 6.95. The zero-order valence-electron chi connectivity index (χ0n) is 17.0. The summed E-state index contributed by atoms with van der Waals surface area (Å²) >= 11 is 0. The van der Waals surface area contributed by atoms with Crippen molar-refractivity contribution >= 4 is 34.6 Å². The Bertz CT molecular complexity index is 1040. The first kappa shape index (κ1) is 20.8. The molecule has 3 aromatic carbocycles. The van der Waals surface area contributed by atoms with Crippen molar-refractivity contribution in [2.45, 2.75) is 20.3 Å². The summed E-state index contributed by atoms with van der Waals surface area (Å²) < 4.78 is 0. The molecule has 6 nitrogen and oxygen atoms in total. The number of amides is 2. The monoisotopic (exact) mass is 400 g/mol. The average molecular weight is 400 g/mol. The summed E-state index contributed by atoms with van der Waals surface area (Å²) in [6.07, 6.45) is 0.0815. The van der Waals surface area contributed by atoms with E-state index in [1.807, 2.05) is 73.7 Å². The van der Waals surface area contributed by atoms with E-state index in [9.17, 15) is 9.59 Å². The van der Waals surface area contributed by atoms with E-state index >= 15 is 0 Å². The van der Waals surface area contributed by atoms with Gasteiger partial charge in [-0.3, -0.25) is 9.59 Å². The minimum Gasteiger partial charge on any atom is -0.356 e. The number of rotatable bonds is 7. The minimum atomic E-state index is -0.306. The third-order valence-corrected chi connectivity index (χ3v) is 4.28. The fraction of sp³-hybridized carbons (Fsp3) is 0.125. The Kier molecular flexibility index (Phi) is 6.95. The maximum Gasteiger partial charge on any atom is 0.271 e. The van der Waals surface area contributed by atoms with Crippen molar-refractivity contribution in [2.24, 2.45) is 5.10 Å². The molecule has 3 N–H and O–H groups in total. The van der Waals surface area contributed by atoms with Crippen LogP contribution < -0.4 is 16.1 Å². The number of nitrogens with zero attached hydrogens (tertiary/aromatic N) is 1. The van der Waals surface area contributed by atoms with Crippen molar-refractivity contribution in [1.82, 2.24) is 5.43 Å². The molecule has 0 saturated heterocycles. The van der Waals surface area contributed by atoms with Gasteiger partial charge in [-0.15, -0.1) is 0 Å². The van der Waals surface area contributed by atoms with Crippen LogP contribution in [-0.2, 0) is 4.79 Å². The molecular weight excluding hydrogens is 376 g/mol. The lowest BCUT2D eigenvalue weighted by molar-refractivity contribution is -0.115. The van der Waals surface area contributed by atoms with Gasteiger partial charge in [-0.2, -0.15) is 5.10 Å². The van der Waals surface area contributed by atoms with Crippen LogP contribution in [0.2, 0.25) is 0 Å². The van der Waals surface area contributed by atoms with E-state index in [0.29, 0.717) is 17.0 Å². The van der Waals surface area contributed by atoms with Crippen molar-refractivity contribution in [2.75, 3.05) is 10.6 Å². The van der Waals surface area contributed by atoms with Crippen LogP contribution >= 0.6 is 0 Å². The Hall–Kier alpha value is -3.93. The lowest BCUT2D eigenvalue weighted by Gasteiger charge is -2.09. The number of carbonyl (C=O) groups is 2. The summed E-state index contributed by atoms with van der Waals surface area (Å²) in [5, 5.41) is 10.1. The molecule has 6 heteroatoms. The molecule has 0 aliphatic carbocycles. The van der Waals surface area contributed by atoms with Crippen molar-refractivity contribution in [1.29, 1.82) is 0 Å². The molecule has 30 heavy (non-hydrogen) atoms. The summed E-state index contributed by atoms with van der Waals surface area (Å²) in [4.78, 5) is 24.4. The number of para-hydroxylation sites is 1. The van der Waals surface area contributed by atoms with Crippen molar-refractivity contribution in [3.8, 4) is 0 Å². The van der Waals surface area contributed by atoms with E-state index in [2.05, 4.69) is 21.2 Å². The standard InChI is InChI=1S/C24H24N4O2/c1-17-7-6-8-19(15-17)24(30)28-27-18(2)16-23(29)26-22-13-11-21(12-14-22)25-20-9-4-3-5-10-20/h3-15,25H,16H2,1-2H3,(H,26,29)(H,28,30). The van der Waals surface area contributed by atoms with Gasteiger partial charge >= 0.3 is 0 Å². The van der Waals surface area contributed by atoms with Crippen molar-refractivity contribution in [3.05, 3.63) is 90.0 Å². The Morgan fingerprint density at radius 3 is 2.20 bits per heavy atom. The van der Waals surface area contributed by atoms with Crippen LogP contribution in [0.25, 0.3) is 0 Å². The van der Waals surface area contributed by atoms with Crippen molar-refractivity contribution < 1.29 is 9.59 Å². The third kappa shape index (κ3) is 6.31. The van der Waals surface area contributed by atoms with Gasteiger partial charge < -0.3 is 10.6 Å². The predicted molar refractivity (Wildman–Crippen MR) is 121 cm³/mol. The first-order chi connectivity index (χ1) is 14.5. The molecule has 2 amide bonds. The maximum absolute atomic E-state index is 12.2. The average Bonchev–Trinajstić information content (AvgIpc) is 2.74. The second-order valence-electron chi connectivity index (χ2n) is 6.95. The Morgan fingerprint density at radius 2 is 1.50 bits per heavy atom. The van der Waals surface area contributed by atoms with Crippen LogP contribution in [0.15, 0.2) is 84.0 Å². The van der Waals surface area contributed by atoms with Gasteiger partial charge in [-0.25, -0.2) is 5.43 Å². The molecule has 0 bridgehead atoms. The molecule has 0 aromatic heterocycles. The third-order valence-electron chi connectivity index (χ3n) is 4.28. The normalized spacial score (nSPS) is 10.9. The zero-order valence-corrected chi connectivity index (χ0v) is 17.0. The van der Waals surface area contributed by atoms with E-state index in [0.717, 1.165) is 16.9 Å². The summed E-state index contributed by atoms with van der Waals surface area (Å²) in [6.45, 7) is 3.61.